The van der Waals surface area contributed by atoms with E-state index >= 15 is 0 Å². The van der Waals surface area contributed by atoms with Crippen molar-refractivity contribution in [3.05, 3.63) is 35.9 Å². The number of amides is 1. The highest BCUT2D eigenvalue weighted by Gasteiger charge is 2.36. The maximum absolute atomic E-state index is 11.5. The first-order valence-corrected chi connectivity index (χ1v) is 5.23. The zero-order valence-electron chi connectivity index (χ0n) is 8.72. The first-order chi connectivity index (χ1) is 7.68. The second-order valence-corrected chi connectivity index (χ2v) is 3.97. The molecule has 0 aliphatic carbocycles. The fourth-order valence-electron chi connectivity index (χ4n) is 2.14. The molecule has 0 saturated carbocycles. The van der Waals surface area contributed by atoms with E-state index in [2.05, 4.69) is 5.32 Å². The highest BCUT2D eigenvalue weighted by atomic mass is 16.4. The average molecular weight is 219 g/mol. The van der Waals surface area contributed by atoms with Gasteiger partial charge in [-0.25, -0.2) is 0 Å². The molecule has 1 saturated heterocycles. The molecule has 1 aromatic carbocycles. The van der Waals surface area contributed by atoms with Gasteiger partial charge in [-0.2, -0.15) is 0 Å². The molecule has 4 nitrogen and oxygen atoms in total. The minimum absolute atomic E-state index is 0.0233. The number of carbonyl (C=O) groups excluding carboxylic acids is 1. The largest absolute Gasteiger partial charge is 0.481 e. The van der Waals surface area contributed by atoms with Crippen molar-refractivity contribution in [3.8, 4) is 0 Å². The number of hydrogen-bond acceptors (Lipinski definition) is 2. The molecule has 1 heterocycles. The van der Waals surface area contributed by atoms with Crippen LogP contribution in [0.5, 0.6) is 0 Å². The highest BCUT2D eigenvalue weighted by Crippen LogP contribution is 2.30. The van der Waals surface area contributed by atoms with Crippen LogP contribution in [-0.2, 0) is 9.59 Å². The number of aliphatic carboxylic acids is 1. The Hall–Kier alpha value is -1.84. The third-order valence-electron chi connectivity index (χ3n) is 2.94. The summed E-state index contributed by atoms with van der Waals surface area (Å²) in [5, 5.41) is 11.5. The molecule has 2 rings (SSSR count). The Morgan fingerprint density at radius 2 is 2.06 bits per heavy atom. The molecule has 1 fully saturated rings. The highest BCUT2D eigenvalue weighted by molar-refractivity contribution is 5.86. The van der Waals surface area contributed by atoms with Gasteiger partial charge in [-0.15, -0.1) is 0 Å². The van der Waals surface area contributed by atoms with Gasteiger partial charge in [0.2, 0.25) is 5.91 Å². The first-order valence-electron chi connectivity index (χ1n) is 5.23. The third kappa shape index (κ3) is 2.05. The maximum atomic E-state index is 11.5. The van der Waals surface area contributed by atoms with Gasteiger partial charge >= 0.3 is 5.97 Å². The summed E-state index contributed by atoms with van der Waals surface area (Å²) >= 11 is 0. The molecule has 4 heteroatoms. The monoisotopic (exact) mass is 219 g/mol. The fourth-order valence-corrected chi connectivity index (χ4v) is 2.14. The van der Waals surface area contributed by atoms with Crippen LogP contribution >= 0.6 is 0 Å². The number of carbonyl (C=O) groups is 2. The van der Waals surface area contributed by atoms with Crippen molar-refractivity contribution in [2.24, 2.45) is 5.92 Å². The number of carboxylic acid groups (broad SMARTS) is 1. The van der Waals surface area contributed by atoms with E-state index in [0.717, 1.165) is 5.56 Å². The standard InChI is InChI=1S/C12H13NO3/c14-11(15)6-9-10(7-13-12(9)16)8-4-2-1-3-5-8/h1-5,9-10H,6-7H2,(H,13,16)(H,14,15)/t9?,10-/m1/s1. The zero-order chi connectivity index (χ0) is 11.5. The Balaban J connectivity index is 2.21. The number of hydrogen-bond donors (Lipinski definition) is 2. The van der Waals surface area contributed by atoms with Crippen molar-refractivity contribution >= 4 is 11.9 Å². The molecule has 1 amide bonds. The zero-order valence-corrected chi connectivity index (χ0v) is 8.72. The van der Waals surface area contributed by atoms with Crippen LogP contribution < -0.4 is 5.32 Å². The van der Waals surface area contributed by atoms with Gasteiger partial charge in [-0.1, -0.05) is 30.3 Å². The Morgan fingerprint density at radius 3 is 2.69 bits per heavy atom. The topological polar surface area (TPSA) is 66.4 Å². The molecular weight excluding hydrogens is 206 g/mol. The number of benzene rings is 1. The molecule has 1 aliphatic rings. The predicted octanol–water partition coefficient (Wildman–Crippen LogP) is 0.991. The first kappa shape index (κ1) is 10.7. The lowest BCUT2D eigenvalue weighted by atomic mass is 9.86. The normalized spacial score (nSPS) is 24.1. The van der Waals surface area contributed by atoms with E-state index in [4.69, 9.17) is 5.11 Å². The number of carboxylic acids is 1. The Labute approximate surface area is 93.3 Å². The molecule has 16 heavy (non-hydrogen) atoms. The second-order valence-electron chi connectivity index (χ2n) is 3.97. The van der Waals surface area contributed by atoms with Gasteiger partial charge < -0.3 is 10.4 Å². The van der Waals surface area contributed by atoms with Crippen LogP contribution in [0.3, 0.4) is 0 Å². The summed E-state index contributed by atoms with van der Waals surface area (Å²) < 4.78 is 0. The SMILES string of the molecule is O=C(O)CC1C(=O)NC[C@@H]1c1ccccc1. The van der Waals surface area contributed by atoms with Crippen molar-refractivity contribution in [3.63, 3.8) is 0 Å². The summed E-state index contributed by atoms with van der Waals surface area (Å²) in [6, 6.07) is 9.56. The molecule has 0 aromatic heterocycles. The van der Waals surface area contributed by atoms with Gasteiger partial charge in [-0.3, -0.25) is 9.59 Å². The average Bonchev–Trinajstić information content (AvgIpc) is 2.61. The number of rotatable bonds is 3. The molecule has 0 bridgehead atoms. The molecule has 1 aliphatic heterocycles. The molecule has 2 N–H and O–H groups in total. The molecule has 0 radical (unpaired) electrons. The molecule has 84 valence electrons. The van der Waals surface area contributed by atoms with Crippen LogP contribution in [-0.4, -0.2) is 23.5 Å². The minimum Gasteiger partial charge on any atom is -0.481 e. The van der Waals surface area contributed by atoms with Gasteiger partial charge in [0.25, 0.3) is 0 Å². The van der Waals surface area contributed by atoms with Crippen LogP contribution in [0, 0.1) is 5.92 Å². The van der Waals surface area contributed by atoms with Gasteiger partial charge in [0, 0.05) is 12.5 Å². The molecular formula is C12H13NO3. The summed E-state index contributed by atoms with van der Waals surface area (Å²) in [7, 11) is 0. The van der Waals surface area contributed by atoms with E-state index in [1.165, 1.54) is 0 Å². The van der Waals surface area contributed by atoms with Crippen molar-refractivity contribution in [2.75, 3.05) is 6.54 Å². The maximum Gasteiger partial charge on any atom is 0.304 e. The van der Waals surface area contributed by atoms with Crippen LogP contribution in [0.2, 0.25) is 0 Å². The van der Waals surface area contributed by atoms with Gasteiger partial charge in [0.15, 0.2) is 0 Å². The molecule has 2 atom stereocenters. The lowest BCUT2D eigenvalue weighted by Crippen LogP contribution is -2.22. The predicted molar refractivity (Wildman–Crippen MR) is 57.9 cm³/mol. The Morgan fingerprint density at radius 1 is 1.38 bits per heavy atom. The van der Waals surface area contributed by atoms with E-state index in [-0.39, 0.29) is 18.2 Å². The summed E-state index contributed by atoms with van der Waals surface area (Å²) in [5.74, 6) is -1.55. The Bertz CT molecular complexity index is 402. The third-order valence-corrected chi connectivity index (χ3v) is 2.94. The van der Waals surface area contributed by atoms with Crippen molar-refractivity contribution in [1.29, 1.82) is 0 Å². The molecule has 1 aromatic rings. The van der Waals surface area contributed by atoms with Crippen molar-refractivity contribution < 1.29 is 14.7 Å². The van der Waals surface area contributed by atoms with E-state index in [1.807, 2.05) is 30.3 Å². The van der Waals surface area contributed by atoms with E-state index in [0.29, 0.717) is 6.54 Å². The summed E-state index contributed by atoms with van der Waals surface area (Å²) in [6.07, 6.45) is -0.106. The van der Waals surface area contributed by atoms with Gasteiger partial charge in [0.05, 0.1) is 12.3 Å². The summed E-state index contributed by atoms with van der Waals surface area (Å²) in [5.41, 5.74) is 1.02. The van der Waals surface area contributed by atoms with Crippen LogP contribution in [0.4, 0.5) is 0 Å². The van der Waals surface area contributed by atoms with Crippen LogP contribution in [0.1, 0.15) is 17.9 Å². The second kappa shape index (κ2) is 4.35. The lowest BCUT2D eigenvalue weighted by Gasteiger charge is -2.14. The number of nitrogens with one attached hydrogen (secondary N) is 1. The summed E-state index contributed by atoms with van der Waals surface area (Å²) in [4.78, 5) is 22.2. The van der Waals surface area contributed by atoms with Gasteiger partial charge in [-0.05, 0) is 5.56 Å². The molecule has 0 spiro atoms. The van der Waals surface area contributed by atoms with E-state index in [1.54, 1.807) is 0 Å². The van der Waals surface area contributed by atoms with Crippen LogP contribution in [0.15, 0.2) is 30.3 Å². The Kier molecular flexibility index (Phi) is 2.90. The van der Waals surface area contributed by atoms with E-state index < -0.39 is 11.9 Å². The lowest BCUT2D eigenvalue weighted by molar-refractivity contribution is -0.140. The van der Waals surface area contributed by atoms with Gasteiger partial charge in [0.1, 0.15) is 0 Å². The van der Waals surface area contributed by atoms with Crippen LogP contribution in [0.25, 0.3) is 0 Å². The van der Waals surface area contributed by atoms with Crippen molar-refractivity contribution in [1.82, 2.24) is 5.32 Å². The van der Waals surface area contributed by atoms with E-state index in [9.17, 15) is 9.59 Å². The quantitative estimate of drug-likeness (QED) is 0.796. The smallest absolute Gasteiger partial charge is 0.304 e. The minimum atomic E-state index is -0.928. The summed E-state index contributed by atoms with van der Waals surface area (Å²) in [6.45, 7) is 0.529. The fraction of sp³-hybridized carbons (Fsp3) is 0.333. The van der Waals surface area contributed by atoms with Crippen molar-refractivity contribution in [2.45, 2.75) is 12.3 Å². The molecule has 1 unspecified atom stereocenters.